The molecule has 4 heteroatoms. The van der Waals surface area contributed by atoms with Crippen molar-refractivity contribution in [2.75, 3.05) is 6.54 Å². The molecule has 0 aliphatic heterocycles. The summed E-state index contributed by atoms with van der Waals surface area (Å²) in [5.41, 5.74) is 0.911. The molecule has 1 rings (SSSR count). The summed E-state index contributed by atoms with van der Waals surface area (Å²) < 4.78 is 0. The first-order chi connectivity index (χ1) is 7.72. The van der Waals surface area contributed by atoms with Gasteiger partial charge in [-0.3, -0.25) is 9.78 Å². The number of aryl methyl sites for hydroxylation is 1. The van der Waals surface area contributed by atoms with E-state index in [2.05, 4.69) is 10.3 Å². The average Bonchev–Trinajstić information content (AvgIpc) is 2.34. The van der Waals surface area contributed by atoms with Crippen molar-refractivity contribution in [2.45, 2.75) is 32.3 Å². The molecule has 0 aromatic carbocycles. The molecule has 0 bridgehead atoms. The quantitative estimate of drug-likeness (QED) is 0.751. The molecule has 0 saturated carbocycles. The third-order valence-corrected chi connectivity index (χ3v) is 2.34. The summed E-state index contributed by atoms with van der Waals surface area (Å²) in [7, 11) is 0. The minimum Gasteiger partial charge on any atom is -0.391 e. The van der Waals surface area contributed by atoms with E-state index in [1.807, 2.05) is 25.1 Å². The van der Waals surface area contributed by atoms with Crippen LogP contribution in [0.2, 0.25) is 0 Å². The molecule has 88 valence electrons. The zero-order valence-corrected chi connectivity index (χ0v) is 9.52. The number of hydrogen-bond acceptors (Lipinski definition) is 3. The number of nitrogens with zero attached hydrogens (tertiary/aromatic N) is 1. The summed E-state index contributed by atoms with van der Waals surface area (Å²) in [5.74, 6) is -0.0434. The monoisotopic (exact) mass is 222 g/mol. The van der Waals surface area contributed by atoms with Gasteiger partial charge in [0.1, 0.15) is 0 Å². The average molecular weight is 222 g/mol. The first-order valence-corrected chi connectivity index (χ1v) is 5.57. The predicted molar refractivity (Wildman–Crippen MR) is 61.9 cm³/mol. The number of hydrogen-bond donors (Lipinski definition) is 2. The summed E-state index contributed by atoms with van der Waals surface area (Å²) >= 11 is 0. The number of pyridine rings is 1. The van der Waals surface area contributed by atoms with Gasteiger partial charge in [0, 0.05) is 24.9 Å². The van der Waals surface area contributed by atoms with Gasteiger partial charge in [0.2, 0.25) is 5.91 Å². The van der Waals surface area contributed by atoms with E-state index >= 15 is 0 Å². The van der Waals surface area contributed by atoms with Crippen LogP contribution < -0.4 is 5.32 Å². The van der Waals surface area contributed by atoms with E-state index < -0.39 is 6.10 Å². The number of aliphatic hydroxyl groups excluding tert-OH is 1. The third kappa shape index (κ3) is 4.89. The molecule has 1 aromatic rings. The van der Waals surface area contributed by atoms with Gasteiger partial charge in [0.15, 0.2) is 0 Å². The standard InChI is InChI=1S/C12H18N2O2/c1-2-11(15)9-14-12(16)7-6-10-5-3-4-8-13-10/h3-5,8,11,15H,2,6-7,9H2,1H3,(H,14,16). The number of carbonyl (C=O) groups is 1. The SMILES string of the molecule is CCC(O)CNC(=O)CCc1ccccn1. The fourth-order valence-electron chi connectivity index (χ4n) is 1.25. The normalized spacial score (nSPS) is 12.1. The van der Waals surface area contributed by atoms with Crippen molar-refractivity contribution < 1.29 is 9.90 Å². The highest BCUT2D eigenvalue weighted by Gasteiger charge is 2.05. The lowest BCUT2D eigenvalue weighted by atomic mass is 10.2. The van der Waals surface area contributed by atoms with Crippen molar-refractivity contribution in [3.8, 4) is 0 Å². The molecule has 1 aromatic heterocycles. The zero-order valence-electron chi connectivity index (χ0n) is 9.52. The van der Waals surface area contributed by atoms with E-state index in [9.17, 15) is 9.90 Å². The van der Waals surface area contributed by atoms with Gasteiger partial charge in [-0.15, -0.1) is 0 Å². The number of nitrogens with one attached hydrogen (secondary N) is 1. The molecule has 16 heavy (non-hydrogen) atoms. The maximum atomic E-state index is 11.4. The molecule has 0 aliphatic rings. The number of rotatable bonds is 6. The lowest BCUT2D eigenvalue weighted by Crippen LogP contribution is -2.31. The molecule has 0 saturated heterocycles. The molecule has 0 aliphatic carbocycles. The fraction of sp³-hybridized carbons (Fsp3) is 0.500. The molecular weight excluding hydrogens is 204 g/mol. The maximum absolute atomic E-state index is 11.4. The Balaban J connectivity index is 2.20. The Labute approximate surface area is 95.7 Å². The number of aromatic nitrogens is 1. The van der Waals surface area contributed by atoms with Gasteiger partial charge in [0.25, 0.3) is 0 Å². The number of amides is 1. The van der Waals surface area contributed by atoms with Crippen LogP contribution in [0.15, 0.2) is 24.4 Å². The van der Waals surface area contributed by atoms with Gasteiger partial charge in [-0.05, 0) is 25.0 Å². The van der Waals surface area contributed by atoms with Crippen LogP contribution in [0.4, 0.5) is 0 Å². The second-order valence-electron chi connectivity index (χ2n) is 3.69. The summed E-state index contributed by atoms with van der Waals surface area (Å²) in [6.45, 7) is 2.21. The van der Waals surface area contributed by atoms with Gasteiger partial charge in [-0.2, -0.15) is 0 Å². The Kier molecular flexibility index (Phi) is 5.50. The molecule has 4 nitrogen and oxygen atoms in total. The first kappa shape index (κ1) is 12.6. The van der Waals surface area contributed by atoms with Crippen LogP contribution in [-0.2, 0) is 11.2 Å². The summed E-state index contributed by atoms with van der Waals surface area (Å²) in [6, 6.07) is 5.65. The van der Waals surface area contributed by atoms with E-state index in [1.165, 1.54) is 0 Å². The number of aliphatic hydroxyl groups is 1. The van der Waals surface area contributed by atoms with Crippen molar-refractivity contribution in [3.63, 3.8) is 0 Å². The van der Waals surface area contributed by atoms with E-state index in [-0.39, 0.29) is 5.91 Å². The Bertz CT molecular complexity index is 314. The van der Waals surface area contributed by atoms with Crippen molar-refractivity contribution in [3.05, 3.63) is 30.1 Å². The topological polar surface area (TPSA) is 62.2 Å². The second-order valence-corrected chi connectivity index (χ2v) is 3.69. The van der Waals surface area contributed by atoms with Gasteiger partial charge in [-0.1, -0.05) is 13.0 Å². The summed E-state index contributed by atoms with van der Waals surface area (Å²) in [5, 5.41) is 12.0. The molecule has 1 atom stereocenters. The van der Waals surface area contributed by atoms with Crippen molar-refractivity contribution in [1.82, 2.24) is 10.3 Å². The van der Waals surface area contributed by atoms with E-state index in [4.69, 9.17) is 0 Å². The Hall–Kier alpha value is -1.42. The molecule has 1 amide bonds. The maximum Gasteiger partial charge on any atom is 0.220 e. The highest BCUT2D eigenvalue weighted by molar-refractivity contribution is 5.76. The van der Waals surface area contributed by atoms with Crippen LogP contribution in [0.1, 0.15) is 25.5 Å². The third-order valence-electron chi connectivity index (χ3n) is 2.34. The van der Waals surface area contributed by atoms with Gasteiger partial charge >= 0.3 is 0 Å². The molecule has 2 N–H and O–H groups in total. The van der Waals surface area contributed by atoms with Crippen LogP contribution in [0.25, 0.3) is 0 Å². The fourth-order valence-corrected chi connectivity index (χ4v) is 1.25. The van der Waals surface area contributed by atoms with Crippen molar-refractivity contribution in [2.24, 2.45) is 0 Å². The Morgan fingerprint density at radius 2 is 2.38 bits per heavy atom. The molecule has 0 spiro atoms. The Morgan fingerprint density at radius 3 is 3.00 bits per heavy atom. The van der Waals surface area contributed by atoms with E-state index in [0.29, 0.717) is 25.8 Å². The molecule has 0 fully saturated rings. The second kappa shape index (κ2) is 6.95. The van der Waals surface area contributed by atoms with Gasteiger partial charge in [0.05, 0.1) is 6.10 Å². The Morgan fingerprint density at radius 1 is 1.56 bits per heavy atom. The first-order valence-electron chi connectivity index (χ1n) is 5.57. The smallest absolute Gasteiger partial charge is 0.220 e. The summed E-state index contributed by atoms with van der Waals surface area (Å²) in [6.07, 6.45) is 2.97. The molecular formula is C12H18N2O2. The van der Waals surface area contributed by atoms with Crippen LogP contribution in [-0.4, -0.2) is 28.6 Å². The predicted octanol–water partition coefficient (Wildman–Crippen LogP) is 0.901. The van der Waals surface area contributed by atoms with Crippen LogP contribution in [0, 0.1) is 0 Å². The van der Waals surface area contributed by atoms with Gasteiger partial charge < -0.3 is 10.4 Å². The minimum absolute atomic E-state index is 0.0434. The van der Waals surface area contributed by atoms with E-state index in [1.54, 1.807) is 6.20 Å². The molecule has 0 radical (unpaired) electrons. The van der Waals surface area contributed by atoms with Crippen LogP contribution >= 0.6 is 0 Å². The number of carbonyl (C=O) groups excluding carboxylic acids is 1. The van der Waals surface area contributed by atoms with Crippen LogP contribution in [0.5, 0.6) is 0 Å². The highest BCUT2D eigenvalue weighted by Crippen LogP contribution is 1.98. The lowest BCUT2D eigenvalue weighted by molar-refractivity contribution is -0.121. The summed E-state index contributed by atoms with van der Waals surface area (Å²) in [4.78, 5) is 15.5. The van der Waals surface area contributed by atoms with Crippen LogP contribution in [0.3, 0.4) is 0 Å². The highest BCUT2D eigenvalue weighted by atomic mass is 16.3. The van der Waals surface area contributed by atoms with Crippen molar-refractivity contribution in [1.29, 1.82) is 0 Å². The van der Waals surface area contributed by atoms with Gasteiger partial charge in [-0.25, -0.2) is 0 Å². The minimum atomic E-state index is -0.446. The lowest BCUT2D eigenvalue weighted by Gasteiger charge is -2.09. The largest absolute Gasteiger partial charge is 0.391 e. The molecule has 1 unspecified atom stereocenters. The van der Waals surface area contributed by atoms with Crippen molar-refractivity contribution >= 4 is 5.91 Å². The zero-order chi connectivity index (χ0) is 11.8. The van der Waals surface area contributed by atoms with E-state index in [0.717, 1.165) is 5.69 Å². The molecule has 1 heterocycles.